The number of carboxylic acids is 1. The van der Waals surface area contributed by atoms with Crippen molar-refractivity contribution in [3.8, 4) is 0 Å². The largest absolute Gasteiger partial charge is 0.481 e. The first-order chi connectivity index (χ1) is 7.78. The normalized spacial score (nSPS) is 11.2. The maximum absolute atomic E-state index is 11.6. The predicted octanol–water partition coefficient (Wildman–Crippen LogP) is 1.81. The molecular formula is C11H16N2O4. The summed E-state index contributed by atoms with van der Waals surface area (Å²) in [5.41, 5.74) is -0.589. The highest BCUT2D eigenvalue weighted by atomic mass is 16.5. The molecule has 1 rings (SSSR count). The van der Waals surface area contributed by atoms with Crippen molar-refractivity contribution in [3.05, 3.63) is 11.8 Å². The Hall–Kier alpha value is -1.85. The molecule has 0 spiro atoms. The molecule has 6 nitrogen and oxygen atoms in total. The highest BCUT2D eigenvalue weighted by molar-refractivity contribution is 5.90. The molecule has 17 heavy (non-hydrogen) atoms. The molecule has 1 aromatic heterocycles. The number of carbonyl (C=O) groups excluding carboxylic acids is 1. The van der Waals surface area contributed by atoms with Crippen molar-refractivity contribution in [2.45, 2.75) is 33.6 Å². The summed E-state index contributed by atoms with van der Waals surface area (Å²) in [6, 6.07) is 1.60. The number of hydrogen-bond acceptors (Lipinski definition) is 4. The number of rotatable bonds is 5. The highest BCUT2D eigenvalue weighted by Gasteiger charge is 2.25. The number of carboxylic acid groups (broad SMARTS) is 1. The van der Waals surface area contributed by atoms with Crippen LogP contribution in [0.5, 0.6) is 0 Å². The van der Waals surface area contributed by atoms with E-state index in [1.54, 1.807) is 26.8 Å². The maximum Gasteiger partial charge on any atom is 0.303 e. The average Bonchev–Trinajstić information content (AvgIpc) is 2.46. The van der Waals surface area contributed by atoms with E-state index in [1.165, 1.54) is 0 Å². The molecule has 0 aliphatic carbocycles. The average molecular weight is 240 g/mol. The smallest absolute Gasteiger partial charge is 0.303 e. The fourth-order valence-electron chi connectivity index (χ4n) is 1.52. The monoisotopic (exact) mass is 240 g/mol. The third kappa shape index (κ3) is 4.67. The molecule has 0 saturated carbocycles. The predicted molar refractivity (Wildman–Crippen MR) is 60.5 cm³/mol. The lowest BCUT2D eigenvalue weighted by molar-refractivity contribution is -0.139. The Morgan fingerprint density at radius 2 is 2.12 bits per heavy atom. The second kappa shape index (κ2) is 4.99. The molecule has 1 amide bonds. The fraction of sp³-hybridized carbons (Fsp3) is 0.545. The molecular weight excluding hydrogens is 224 g/mol. The molecule has 0 saturated heterocycles. The minimum Gasteiger partial charge on any atom is -0.481 e. The van der Waals surface area contributed by atoms with E-state index in [-0.39, 0.29) is 18.7 Å². The molecule has 2 N–H and O–H groups in total. The third-order valence-electron chi connectivity index (χ3n) is 2.16. The number of nitrogens with zero attached hydrogens (tertiary/aromatic N) is 1. The Morgan fingerprint density at radius 3 is 2.59 bits per heavy atom. The number of aryl methyl sites for hydroxylation is 1. The summed E-state index contributed by atoms with van der Waals surface area (Å²) in [7, 11) is 0. The summed E-state index contributed by atoms with van der Waals surface area (Å²) in [4.78, 5) is 22.2. The van der Waals surface area contributed by atoms with Crippen LogP contribution in [-0.2, 0) is 9.59 Å². The van der Waals surface area contributed by atoms with Gasteiger partial charge in [-0.3, -0.25) is 9.59 Å². The summed E-state index contributed by atoms with van der Waals surface area (Å²) < 4.78 is 4.80. The van der Waals surface area contributed by atoms with Gasteiger partial charge in [0, 0.05) is 12.5 Å². The van der Waals surface area contributed by atoms with Crippen LogP contribution in [0.4, 0.5) is 5.82 Å². The topological polar surface area (TPSA) is 92.4 Å². The van der Waals surface area contributed by atoms with Gasteiger partial charge in [0.25, 0.3) is 0 Å². The highest BCUT2D eigenvalue weighted by Crippen LogP contribution is 2.25. The summed E-state index contributed by atoms with van der Waals surface area (Å²) in [5.74, 6) is -0.242. The third-order valence-corrected chi connectivity index (χ3v) is 2.16. The lowest BCUT2D eigenvalue weighted by Gasteiger charge is -2.20. The van der Waals surface area contributed by atoms with Crippen LogP contribution in [0.15, 0.2) is 10.6 Å². The van der Waals surface area contributed by atoms with Crippen LogP contribution >= 0.6 is 0 Å². The van der Waals surface area contributed by atoms with Gasteiger partial charge in [-0.05, 0) is 12.3 Å². The van der Waals surface area contributed by atoms with E-state index >= 15 is 0 Å². The van der Waals surface area contributed by atoms with Gasteiger partial charge in [0.15, 0.2) is 5.82 Å². The van der Waals surface area contributed by atoms with Crippen molar-refractivity contribution in [1.82, 2.24) is 5.16 Å². The van der Waals surface area contributed by atoms with E-state index < -0.39 is 11.4 Å². The summed E-state index contributed by atoms with van der Waals surface area (Å²) in [5, 5.41) is 14.9. The molecule has 0 atom stereocenters. The molecule has 1 aromatic rings. The van der Waals surface area contributed by atoms with Crippen LogP contribution in [0.1, 0.15) is 32.4 Å². The first kappa shape index (κ1) is 13.2. The Morgan fingerprint density at radius 1 is 1.47 bits per heavy atom. The van der Waals surface area contributed by atoms with Gasteiger partial charge < -0.3 is 14.9 Å². The fourth-order valence-corrected chi connectivity index (χ4v) is 1.52. The Labute approximate surface area is 99.0 Å². The van der Waals surface area contributed by atoms with Gasteiger partial charge in [-0.15, -0.1) is 0 Å². The van der Waals surface area contributed by atoms with Gasteiger partial charge in [0.2, 0.25) is 5.91 Å². The SMILES string of the molecule is Cc1cc(NC(=O)CC(C)(C)CC(=O)O)no1. The Balaban J connectivity index is 2.52. The summed E-state index contributed by atoms with van der Waals surface area (Å²) in [6.45, 7) is 5.18. The van der Waals surface area contributed by atoms with Crippen LogP contribution in [0.3, 0.4) is 0 Å². The van der Waals surface area contributed by atoms with Gasteiger partial charge in [0.1, 0.15) is 5.76 Å². The second-order valence-electron chi connectivity index (χ2n) is 4.78. The molecule has 6 heteroatoms. The number of aromatic nitrogens is 1. The standard InChI is InChI=1S/C11H16N2O4/c1-7-4-8(13-17-7)12-9(14)5-11(2,3)6-10(15)16/h4H,5-6H2,1-3H3,(H,15,16)(H,12,13,14). The van der Waals surface area contributed by atoms with Crippen molar-refractivity contribution in [2.24, 2.45) is 5.41 Å². The van der Waals surface area contributed by atoms with Crippen molar-refractivity contribution < 1.29 is 19.2 Å². The molecule has 0 unspecified atom stereocenters. The van der Waals surface area contributed by atoms with Gasteiger partial charge in [-0.2, -0.15) is 0 Å². The van der Waals surface area contributed by atoms with Crippen LogP contribution in [0.25, 0.3) is 0 Å². The summed E-state index contributed by atoms with van der Waals surface area (Å²) >= 11 is 0. The summed E-state index contributed by atoms with van der Waals surface area (Å²) in [6.07, 6.45) is 0.0590. The Kier molecular flexibility index (Phi) is 3.88. The van der Waals surface area contributed by atoms with Crippen molar-refractivity contribution in [2.75, 3.05) is 5.32 Å². The number of nitrogens with one attached hydrogen (secondary N) is 1. The molecule has 0 fully saturated rings. The van der Waals surface area contributed by atoms with Crippen LogP contribution in [0.2, 0.25) is 0 Å². The first-order valence-electron chi connectivity index (χ1n) is 5.23. The van der Waals surface area contributed by atoms with Gasteiger partial charge in [-0.25, -0.2) is 0 Å². The van der Waals surface area contributed by atoms with Crippen LogP contribution in [0, 0.1) is 12.3 Å². The first-order valence-corrected chi connectivity index (χ1v) is 5.23. The van der Waals surface area contributed by atoms with Gasteiger partial charge in [0.05, 0.1) is 6.42 Å². The quantitative estimate of drug-likeness (QED) is 0.818. The molecule has 0 aliphatic heterocycles. The van der Waals surface area contributed by atoms with E-state index in [4.69, 9.17) is 9.63 Å². The van der Waals surface area contributed by atoms with E-state index in [2.05, 4.69) is 10.5 Å². The number of amides is 1. The zero-order valence-electron chi connectivity index (χ0n) is 10.1. The molecule has 0 radical (unpaired) electrons. The number of anilines is 1. The zero-order chi connectivity index (χ0) is 13.1. The lowest BCUT2D eigenvalue weighted by Crippen LogP contribution is -2.24. The molecule has 0 aromatic carbocycles. The number of hydrogen-bond donors (Lipinski definition) is 2. The lowest BCUT2D eigenvalue weighted by atomic mass is 9.85. The van der Waals surface area contributed by atoms with Gasteiger partial charge in [-0.1, -0.05) is 19.0 Å². The Bertz CT molecular complexity index is 423. The second-order valence-corrected chi connectivity index (χ2v) is 4.78. The molecule has 94 valence electrons. The van der Waals surface area contributed by atoms with Gasteiger partial charge >= 0.3 is 5.97 Å². The molecule has 1 heterocycles. The number of carbonyl (C=O) groups is 2. The molecule has 0 aliphatic rings. The van der Waals surface area contributed by atoms with Crippen molar-refractivity contribution >= 4 is 17.7 Å². The van der Waals surface area contributed by atoms with Crippen molar-refractivity contribution in [3.63, 3.8) is 0 Å². The van der Waals surface area contributed by atoms with Crippen LogP contribution < -0.4 is 5.32 Å². The van der Waals surface area contributed by atoms with Crippen LogP contribution in [-0.4, -0.2) is 22.1 Å². The van der Waals surface area contributed by atoms with E-state index in [9.17, 15) is 9.59 Å². The molecule has 0 bridgehead atoms. The van der Waals surface area contributed by atoms with E-state index in [0.29, 0.717) is 11.6 Å². The van der Waals surface area contributed by atoms with E-state index in [1.807, 2.05) is 0 Å². The zero-order valence-corrected chi connectivity index (χ0v) is 10.1. The number of aliphatic carboxylic acids is 1. The van der Waals surface area contributed by atoms with Crippen molar-refractivity contribution in [1.29, 1.82) is 0 Å². The minimum absolute atomic E-state index is 0.0573. The van der Waals surface area contributed by atoms with E-state index in [0.717, 1.165) is 0 Å². The maximum atomic E-state index is 11.6. The minimum atomic E-state index is -0.917.